The Balaban J connectivity index is 1.81. The van der Waals surface area contributed by atoms with Crippen molar-refractivity contribution in [2.24, 2.45) is 0 Å². The number of hydrogen-bond acceptors (Lipinski definition) is 4. The van der Waals surface area contributed by atoms with Gasteiger partial charge in [0.15, 0.2) is 0 Å². The first-order valence-corrected chi connectivity index (χ1v) is 7.73. The standard InChI is InChI=1S/C18H21NO4/c1-12-6-7-15(23-12)13-4-3-5-14(10-13)17(21)19-9-8-18(2,22)16(20)11-19/h3-7,10,16,20,22H,8-9,11H2,1-2H3. The number of nitrogens with zero attached hydrogens (tertiary/aromatic N) is 1. The topological polar surface area (TPSA) is 73.9 Å². The SMILES string of the molecule is Cc1ccc(-c2cccc(C(=O)N3CCC(C)(O)C(O)C3)c2)o1. The predicted octanol–water partition coefficient (Wildman–Crippen LogP) is 2.21. The van der Waals surface area contributed by atoms with Crippen molar-refractivity contribution in [2.75, 3.05) is 13.1 Å². The lowest BCUT2D eigenvalue weighted by Gasteiger charge is -2.39. The van der Waals surface area contributed by atoms with Crippen molar-refractivity contribution in [1.29, 1.82) is 0 Å². The second-order valence-electron chi connectivity index (χ2n) is 6.37. The maximum Gasteiger partial charge on any atom is 0.253 e. The molecule has 3 rings (SSSR count). The van der Waals surface area contributed by atoms with E-state index in [1.54, 1.807) is 24.0 Å². The van der Waals surface area contributed by atoms with Gasteiger partial charge >= 0.3 is 0 Å². The second kappa shape index (κ2) is 5.83. The molecule has 0 radical (unpaired) electrons. The molecule has 2 atom stereocenters. The zero-order valence-corrected chi connectivity index (χ0v) is 13.3. The highest BCUT2D eigenvalue weighted by atomic mass is 16.3. The molecule has 2 aromatic rings. The lowest BCUT2D eigenvalue weighted by atomic mass is 9.90. The third kappa shape index (κ3) is 3.16. The van der Waals surface area contributed by atoms with Crippen LogP contribution >= 0.6 is 0 Å². The molecule has 1 aromatic carbocycles. The molecular formula is C18H21NO4. The van der Waals surface area contributed by atoms with E-state index >= 15 is 0 Å². The van der Waals surface area contributed by atoms with Crippen molar-refractivity contribution in [2.45, 2.75) is 32.0 Å². The lowest BCUT2D eigenvalue weighted by molar-refractivity contribution is -0.0999. The van der Waals surface area contributed by atoms with Crippen LogP contribution in [0.1, 0.15) is 29.5 Å². The van der Waals surface area contributed by atoms with Gasteiger partial charge in [-0.2, -0.15) is 0 Å². The predicted molar refractivity (Wildman–Crippen MR) is 86.0 cm³/mol. The molecule has 0 aliphatic carbocycles. The van der Waals surface area contributed by atoms with Crippen LogP contribution in [0.4, 0.5) is 0 Å². The molecule has 1 fully saturated rings. The fraction of sp³-hybridized carbons (Fsp3) is 0.389. The molecule has 2 heterocycles. The second-order valence-corrected chi connectivity index (χ2v) is 6.37. The third-order valence-corrected chi connectivity index (χ3v) is 4.42. The number of likely N-dealkylation sites (tertiary alicyclic amines) is 1. The molecule has 5 heteroatoms. The first-order chi connectivity index (χ1) is 10.9. The van der Waals surface area contributed by atoms with E-state index < -0.39 is 11.7 Å². The van der Waals surface area contributed by atoms with Crippen molar-refractivity contribution in [1.82, 2.24) is 4.90 Å². The minimum atomic E-state index is -1.13. The van der Waals surface area contributed by atoms with E-state index in [0.717, 1.165) is 17.1 Å². The van der Waals surface area contributed by atoms with Crippen LogP contribution in [0.25, 0.3) is 11.3 Å². The van der Waals surface area contributed by atoms with Crippen LogP contribution in [0.3, 0.4) is 0 Å². The van der Waals surface area contributed by atoms with E-state index in [-0.39, 0.29) is 12.5 Å². The van der Waals surface area contributed by atoms with E-state index in [0.29, 0.717) is 18.5 Å². The molecule has 2 N–H and O–H groups in total. The molecule has 0 saturated carbocycles. The van der Waals surface area contributed by atoms with Gasteiger partial charge in [0, 0.05) is 24.2 Å². The van der Waals surface area contributed by atoms with Gasteiger partial charge in [0.25, 0.3) is 5.91 Å². The van der Waals surface area contributed by atoms with Crippen LogP contribution in [-0.4, -0.2) is 45.8 Å². The fourth-order valence-electron chi connectivity index (χ4n) is 2.79. The Labute approximate surface area is 135 Å². The number of furan rings is 1. The van der Waals surface area contributed by atoms with Gasteiger partial charge in [-0.3, -0.25) is 4.79 Å². The quantitative estimate of drug-likeness (QED) is 0.891. The van der Waals surface area contributed by atoms with Gasteiger partial charge in [0.1, 0.15) is 11.5 Å². The van der Waals surface area contributed by atoms with E-state index in [2.05, 4.69) is 0 Å². The Kier molecular flexibility index (Phi) is 4.00. The number of β-amino-alcohol motifs (C(OH)–C–C–N with tert-alkyl or cyclic N) is 1. The number of amides is 1. The van der Waals surface area contributed by atoms with Gasteiger partial charge in [0.2, 0.25) is 0 Å². The number of aryl methyl sites for hydroxylation is 1. The highest BCUT2D eigenvalue weighted by Crippen LogP contribution is 2.26. The smallest absolute Gasteiger partial charge is 0.253 e. The van der Waals surface area contributed by atoms with Crippen LogP contribution < -0.4 is 0 Å². The van der Waals surface area contributed by atoms with Gasteiger partial charge in [-0.05, 0) is 44.5 Å². The molecule has 0 spiro atoms. The number of aliphatic hydroxyl groups is 2. The van der Waals surface area contributed by atoms with E-state index in [9.17, 15) is 15.0 Å². The van der Waals surface area contributed by atoms with Crippen LogP contribution in [0.2, 0.25) is 0 Å². The largest absolute Gasteiger partial charge is 0.461 e. The summed E-state index contributed by atoms with van der Waals surface area (Å²) in [5, 5.41) is 20.0. The molecule has 5 nitrogen and oxygen atoms in total. The summed E-state index contributed by atoms with van der Waals surface area (Å²) in [4.78, 5) is 14.2. The summed E-state index contributed by atoms with van der Waals surface area (Å²) in [6.45, 7) is 4.03. The van der Waals surface area contributed by atoms with Gasteiger partial charge in [-0.15, -0.1) is 0 Å². The maximum absolute atomic E-state index is 12.6. The molecule has 1 aromatic heterocycles. The summed E-state index contributed by atoms with van der Waals surface area (Å²) < 4.78 is 5.60. The number of carbonyl (C=O) groups excluding carboxylic acids is 1. The van der Waals surface area contributed by atoms with Gasteiger partial charge in [0.05, 0.1) is 11.7 Å². The number of hydrogen-bond donors (Lipinski definition) is 2. The number of carbonyl (C=O) groups is 1. The van der Waals surface area contributed by atoms with Crippen LogP contribution in [0.5, 0.6) is 0 Å². The number of benzene rings is 1. The number of piperidine rings is 1. The van der Waals surface area contributed by atoms with E-state index in [4.69, 9.17) is 4.42 Å². The highest BCUT2D eigenvalue weighted by Gasteiger charge is 2.38. The zero-order valence-electron chi connectivity index (χ0n) is 13.3. The summed E-state index contributed by atoms with van der Waals surface area (Å²) >= 11 is 0. The average molecular weight is 315 g/mol. The summed E-state index contributed by atoms with van der Waals surface area (Å²) in [5.74, 6) is 1.39. The van der Waals surface area contributed by atoms with Crippen molar-refractivity contribution in [3.05, 3.63) is 47.7 Å². The summed E-state index contributed by atoms with van der Waals surface area (Å²) in [6.07, 6.45) is -0.576. The molecule has 1 amide bonds. The summed E-state index contributed by atoms with van der Waals surface area (Å²) in [5.41, 5.74) is 0.253. The minimum absolute atomic E-state index is 0.135. The fourth-order valence-corrected chi connectivity index (χ4v) is 2.79. The molecular weight excluding hydrogens is 294 g/mol. The normalized spacial score (nSPS) is 24.7. The van der Waals surface area contributed by atoms with Crippen molar-refractivity contribution in [3.63, 3.8) is 0 Å². The Morgan fingerprint density at radius 2 is 2.13 bits per heavy atom. The Morgan fingerprint density at radius 1 is 1.35 bits per heavy atom. The Hall–Kier alpha value is -2.11. The van der Waals surface area contributed by atoms with Crippen molar-refractivity contribution >= 4 is 5.91 Å². The lowest BCUT2D eigenvalue weighted by Crippen LogP contribution is -2.55. The first kappa shape index (κ1) is 15.8. The Bertz CT molecular complexity index is 719. The van der Waals surface area contributed by atoms with Crippen LogP contribution in [-0.2, 0) is 0 Å². The van der Waals surface area contributed by atoms with Gasteiger partial charge in [-0.1, -0.05) is 12.1 Å². The molecule has 1 aliphatic heterocycles. The van der Waals surface area contributed by atoms with Crippen LogP contribution in [0.15, 0.2) is 40.8 Å². The zero-order chi connectivity index (χ0) is 16.6. The monoisotopic (exact) mass is 315 g/mol. The Morgan fingerprint density at radius 3 is 2.78 bits per heavy atom. The third-order valence-electron chi connectivity index (χ3n) is 4.42. The van der Waals surface area contributed by atoms with E-state index in [1.165, 1.54) is 0 Å². The number of aliphatic hydroxyl groups excluding tert-OH is 1. The van der Waals surface area contributed by atoms with Gasteiger partial charge in [-0.25, -0.2) is 0 Å². The molecule has 0 bridgehead atoms. The molecule has 2 unspecified atom stereocenters. The maximum atomic E-state index is 12.6. The summed E-state index contributed by atoms with van der Waals surface area (Å²) in [7, 11) is 0. The number of rotatable bonds is 2. The molecule has 23 heavy (non-hydrogen) atoms. The van der Waals surface area contributed by atoms with Crippen molar-refractivity contribution < 1.29 is 19.4 Å². The highest BCUT2D eigenvalue weighted by molar-refractivity contribution is 5.95. The van der Waals surface area contributed by atoms with Crippen LogP contribution in [0, 0.1) is 6.92 Å². The van der Waals surface area contributed by atoms with Gasteiger partial charge < -0.3 is 19.5 Å². The summed E-state index contributed by atoms with van der Waals surface area (Å²) in [6, 6.07) is 11.0. The molecule has 1 saturated heterocycles. The molecule has 122 valence electrons. The minimum Gasteiger partial charge on any atom is -0.461 e. The van der Waals surface area contributed by atoms with Crippen molar-refractivity contribution in [3.8, 4) is 11.3 Å². The van der Waals surface area contributed by atoms with E-state index in [1.807, 2.05) is 31.2 Å². The average Bonchev–Trinajstić information content (AvgIpc) is 2.96. The molecule has 1 aliphatic rings. The first-order valence-electron chi connectivity index (χ1n) is 7.73.